The fourth-order valence-corrected chi connectivity index (χ4v) is 3.21. The SMILES string of the molecule is CCN1CCN(C(=O)Cc2cccs2)c2cccnc21. The van der Waals surface area contributed by atoms with Crippen molar-refractivity contribution >= 4 is 28.7 Å². The number of rotatable bonds is 3. The van der Waals surface area contributed by atoms with Gasteiger partial charge in [0.15, 0.2) is 5.82 Å². The molecule has 0 aromatic carbocycles. The number of aromatic nitrogens is 1. The number of nitrogens with zero attached hydrogens (tertiary/aromatic N) is 3. The Morgan fingerprint density at radius 1 is 1.35 bits per heavy atom. The normalized spacial score (nSPS) is 14.2. The van der Waals surface area contributed by atoms with E-state index < -0.39 is 0 Å². The first-order chi connectivity index (χ1) is 9.79. The summed E-state index contributed by atoms with van der Waals surface area (Å²) in [6.45, 7) is 4.60. The highest BCUT2D eigenvalue weighted by Gasteiger charge is 2.26. The fourth-order valence-electron chi connectivity index (χ4n) is 2.51. The molecule has 0 saturated carbocycles. The standard InChI is InChI=1S/C15H17N3OS/c1-2-17-8-9-18(13-6-3-7-16-15(13)17)14(19)11-12-5-4-10-20-12/h3-7,10H,2,8-9,11H2,1H3. The summed E-state index contributed by atoms with van der Waals surface area (Å²) in [6.07, 6.45) is 2.26. The predicted octanol–water partition coefficient (Wildman–Crippen LogP) is 2.56. The third-order valence-electron chi connectivity index (χ3n) is 3.54. The molecular formula is C15H17N3OS. The van der Waals surface area contributed by atoms with E-state index in [9.17, 15) is 4.79 Å². The number of carbonyl (C=O) groups excluding carboxylic acids is 1. The van der Waals surface area contributed by atoms with Crippen molar-refractivity contribution in [3.05, 3.63) is 40.7 Å². The van der Waals surface area contributed by atoms with Crippen LogP contribution in [-0.4, -0.2) is 30.5 Å². The first-order valence-electron chi connectivity index (χ1n) is 6.82. The average molecular weight is 287 g/mol. The number of fused-ring (bicyclic) bond motifs is 1. The number of amides is 1. The lowest BCUT2D eigenvalue weighted by Crippen LogP contribution is -2.45. The number of likely N-dealkylation sites (N-methyl/N-ethyl adjacent to an activating group) is 1. The highest BCUT2D eigenvalue weighted by atomic mass is 32.1. The Labute approximate surface area is 122 Å². The molecule has 104 valence electrons. The van der Waals surface area contributed by atoms with Crippen molar-refractivity contribution in [2.24, 2.45) is 0 Å². The highest BCUT2D eigenvalue weighted by Crippen LogP contribution is 2.30. The summed E-state index contributed by atoms with van der Waals surface area (Å²) >= 11 is 1.63. The predicted molar refractivity (Wildman–Crippen MR) is 82.5 cm³/mol. The minimum Gasteiger partial charge on any atom is -0.353 e. The summed E-state index contributed by atoms with van der Waals surface area (Å²) in [7, 11) is 0. The van der Waals surface area contributed by atoms with Gasteiger partial charge in [0.2, 0.25) is 5.91 Å². The Kier molecular flexibility index (Phi) is 3.69. The Morgan fingerprint density at radius 3 is 3.00 bits per heavy atom. The number of thiophene rings is 1. The summed E-state index contributed by atoms with van der Waals surface area (Å²) in [5.41, 5.74) is 0.933. The van der Waals surface area contributed by atoms with E-state index in [2.05, 4.69) is 16.8 Å². The van der Waals surface area contributed by atoms with Crippen molar-refractivity contribution in [1.82, 2.24) is 4.98 Å². The monoisotopic (exact) mass is 287 g/mol. The van der Waals surface area contributed by atoms with E-state index in [0.29, 0.717) is 6.42 Å². The zero-order chi connectivity index (χ0) is 13.9. The van der Waals surface area contributed by atoms with Gasteiger partial charge in [-0.3, -0.25) is 4.79 Å². The largest absolute Gasteiger partial charge is 0.353 e. The molecule has 0 aliphatic carbocycles. The molecule has 5 heteroatoms. The average Bonchev–Trinajstić information content (AvgIpc) is 2.99. The van der Waals surface area contributed by atoms with Gasteiger partial charge in [-0.2, -0.15) is 0 Å². The number of anilines is 2. The lowest BCUT2D eigenvalue weighted by atomic mass is 10.2. The van der Waals surface area contributed by atoms with E-state index in [-0.39, 0.29) is 5.91 Å². The molecule has 0 bridgehead atoms. The lowest BCUT2D eigenvalue weighted by Gasteiger charge is -2.36. The third kappa shape index (κ3) is 2.41. The lowest BCUT2D eigenvalue weighted by molar-refractivity contribution is -0.117. The Hall–Kier alpha value is -1.88. The van der Waals surface area contributed by atoms with Gasteiger partial charge in [0.05, 0.1) is 12.1 Å². The topological polar surface area (TPSA) is 36.4 Å². The van der Waals surface area contributed by atoms with Crippen LogP contribution in [0.25, 0.3) is 0 Å². The van der Waals surface area contributed by atoms with Crippen LogP contribution in [0.5, 0.6) is 0 Å². The Morgan fingerprint density at radius 2 is 2.25 bits per heavy atom. The number of hydrogen-bond donors (Lipinski definition) is 0. The van der Waals surface area contributed by atoms with Gasteiger partial charge in [0, 0.05) is 30.7 Å². The molecule has 0 radical (unpaired) electrons. The minimum atomic E-state index is 0.150. The quantitative estimate of drug-likeness (QED) is 0.870. The summed E-state index contributed by atoms with van der Waals surface area (Å²) < 4.78 is 0. The molecule has 1 amide bonds. The number of pyridine rings is 1. The van der Waals surface area contributed by atoms with Crippen LogP contribution in [0.2, 0.25) is 0 Å². The number of hydrogen-bond acceptors (Lipinski definition) is 4. The molecule has 3 rings (SSSR count). The smallest absolute Gasteiger partial charge is 0.232 e. The molecule has 3 heterocycles. The molecule has 0 spiro atoms. The first-order valence-corrected chi connectivity index (χ1v) is 7.70. The molecule has 1 aliphatic heterocycles. The molecule has 0 N–H and O–H groups in total. The van der Waals surface area contributed by atoms with Crippen molar-refractivity contribution in [1.29, 1.82) is 0 Å². The number of carbonyl (C=O) groups is 1. The van der Waals surface area contributed by atoms with Gasteiger partial charge in [-0.1, -0.05) is 6.07 Å². The van der Waals surface area contributed by atoms with Crippen molar-refractivity contribution in [2.45, 2.75) is 13.3 Å². The van der Waals surface area contributed by atoms with Crippen LogP contribution in [0.15, 0.2) is 35.8 Å². The summed E-state index contributed by atoms with van der Waals surface area (Å²) in [5.74, 6) is 1.07. The second-order valence-electron chi connectivity index (χ2n) is 4.73. The van der Waals surface area contributed by atoms with Crippen molar-refractivity contribution in [3.8, 4) is 0 Å². The fraction of sp³-hybridized carbons (Fsp3) is 0.333. The second kappa shape index (κ2) is 5.63. The maximum absolute atomic E-state index is 12.5. The van der Waals surface area contributed by atoms with Crippen LogP contribution >= 0.6 is 11.3 Å². The molecule has 20 heavy (non-hydrogen) atoms. The van der Waals surface area contributed by atoms with E-state index in [4.69, 9.17) is 0 Å². The molecule has 0 unspecified atom stereocenters. The van der Waals surface area contributed by atoms with Crippen molar-refractivity contribution < 1.29 is 4.79 Å². The molecule has 2 aromatic heterocycles. The summed E-state index contributed by atoms with van der Waals surface area (Å²) in [4.78, 5) is 22.1. The first kappa shape index (κ1) is 13.1. The maximum atomic E-state index is 12.5. The highest BCUT2D eigenvalue weighted by molar-refractivity contribution is 7.10. The zero-order valence-electron chi connectivity index (χ0n) is 11.5. The van der Waals surface area contributed by atoms with E-state index in [1.165, 1.54) is 0 Å². The Bertz CT molecular complexity index is 597. The van der Waals surface area contributed by atoms with Gasteiger partial charge in [-0.05, 0) is 30.5 Å². The maximum Gasteiger partial charge on any atom is 0.232 e. The van der Waals surface area contributed by atoms with Gasteiger partial charge in [0.25, 0.3) is 0 Å². The van der Waals surface area contributed by atoms with Crippen molar-refractivity contribution in [3.63, 3.8) is 0 Å². The van der Waals surface area contributed by atoms with Crippen LogP contribution in [-0.2, 0) is 11.2 Å². The molecule has 4 nitrogen and oxygen atoms in total. The molecule has 0 atom stereocenters. The minimum absolute atomic E-state index is 0.150. The molecule has 1 aliphatic rings. The molecular weight excluding hydrogens is 270 g/mol. The van der Waals surface area contributed by atoms with Crippen LogP contribution in [0.4, 0.5) is 11.5 Å². The van der Waals surface area contributed by atoms with Gasteiger partial charge < -0.3 is 9.80 Å². The third-order valence-corrected chi connectivity index (χ3v) is 4.41. The molecule has 0 saturated heterocycles. The van der Waals surface area contributed by atoms with E-state index in [1.54, 1.807) is 17.5 Å². The van der Waals surface area contributed by atoms with Crippen LogP contribution in [0.3, 0.4) is 0 Å². The van der Waals surface area contributed by atoms with E-state index >= 15 is 0 Å². The molecule has 2 aromatic rings. The second-order valence-corrected chi connectivity index (χ2v) is 5.76. The van der Waals surface area contributed by atoms with Crippen LogP contribution in [0, 0.1) is 0 Å². The van der Waals surface area contributed by atoms with Gasteiger partial charge in [0.1, 0.15) is 0 Å². The van der Waals surface area contributed by atoms with E-state index in [1.807, 2.05) is 34.5 Å². The summed E-state index contributed by atoms with van der Waals surface area (Å²) in [5, 5.41) is 2.01. The summed E-state index contributed by atoms with van der Waals surface area (Å²) in [6, 6.07) is 7.87. The molecule has 0 fully saturated rings. The Balaban J connectivity index is 1.86. The zero-order valence-corrected chi connectivity index (χ0v) is 12.3. The van der Waals surface area contributed by atoms with Gasteiger partial charge in [-0.25, -0.2) is 4.98 Å². The van der Waals surface area contributed by atoms with Crippen LogP contribution < -0.4 is 9.80 Å². The van der Waals surface area contributed by atoms with Gasteiger partial charge in [-0.15, -0.1) is 11.3 Å². The van der Waals surface area contributed by atoms with Gasteiger partial charge >= 0.3 is 0 Å². The van der Waals surface area contributed by atoms with E-state index in [0.717, 1.165) is 36.0 Å². The van der Waals surface area contributed by atoms with Crippen LogP contribution in [0.1, 0.15) is 11.8 Å². The van der Waals surface area contributed by atoms with Crippen molar-refractivity contribution in [2.75, 3.05) is 29.4 Å².